The predicted octanol–water partition coefficient (Wildman–Crippen LogP) is 3.13. The van der Waals surface area contributed by atoms with Gasteiger partial charge in [0, 0.05) is 17.7 Å². The lowest BCUT2D eigenvalue weighted by Gasteiger charge is -2.09. The molecule has 0 saturated heterocycles. The first-order chi connectivity index (χ1) is 14.0. The van der Waals surface area contributed by atoms with Crippen LogP contribution in [0.25, 0.3) is 11.3 Å². The molecule has 0 aliphatic carbocycles. The molecule has 0 spiro atoms. The average Bonchev–Trinajstić information content (AvgIpc) is 2.72. The number of halogens is 3. The maximum atomic E-state index is 13.4. The van der Waals surface area contributed by atoms with Crippen molar-refractivity contribution in [1.29, 1.82) is 0 Å². The first-order valence-electron chi connectivity index (χ1n) is 8.58. The second kappa shape index (κ2) is 9.54. The zero-order valence-corrected chi connectivity index (χ0v) is 15.1. The zero-order chi connectivity index (χ0) is 20.6. The summed E-state index contributed by atoms with van der Waals surface area (Å²) >= 11 is 0. The summed E-state index contributed by atoms with van der Waals surface area (Å²) in [5.41, 5.74) is 1.28. The zero-order valence-electron chi connectivity index (χ0n) is 15.1. The van der Waals surface area contributed by atoms with Gasteiger partial charge in [-0.25, -0.2) is 13.2 Å². The topological polar surface area (TPSA) is 73.3 Å². The highest BCUT2D eigenvalue weighted by Crippen LogP contribution is 2.18. The Balaban J connectivity index is 1.38. The second-order valence-electron chi connectivity index (χ2n) is 5.83. The Hall–Kier alpha value is -3.62. The van der Waals surface area contributed by atoms with Gasteiger partial charge in [0.2, 0.25) is 5.88 Å². The van der Waals surface area contributed by atoms with E-state index in [0.717, 1.165) is 17.7 Å². The van der Waals surface area contributed by atoms with Crippen LogP contribution < -0.4 is 14.8 Å². The molecule has 1 aromatic heterocycles. The standard InChI is InChI=1S/C20H16F3N3O3/c21-14-3-1-13(2-4-14)17-6-8-20(26-25-17)28-10-9-24-19(27)12-29-18-7-5-15(22)11-16(18)23/h1-8,11H,9-10,12H2,(H,24,27). The van der Waals surface area contributed by atoms with Gasteiger partial charge in [0.15, 0.2) is 18.2 Å². The van der Waals surface area contributed by atoms with Crippen molar-refractivity contribution in [2.24, 2.45) is 0 Å². The minimum atomic E-state index is -0.885. The third-order valence-electron chi connectivity index (χ3n) is 3.71. The van der Waals surface area contributed by atoms with Crippen LogP contribution in [0.2, 0.25) is 0 Å². The van der Waals surface area contributed by atoms with Gasteiger partial charge in [-0.3, -0.25) is 4.79 Å². The monoisotopic (exact) mass is 403 g/mol. The van der Waals surface area contributed by atoms with Gasteiger partial charge in [0.05, 0.1) is 12.2 Å². The highest BCUT2D eigenvalue weighted by Gasteiger charge is 2.08. The van der Waals surface area contributed by atoms with E-state index in [4.69, 9.17) is 9.47 Å². The molecule has 0 unspecified atom stereocenters. The molecule has 0 bridgehead atoms. The summed E-state index contributed by atoms with van der Waals surface area (Å²) in [5, 5.41) is 10.4. The molecule has 0 aliphatic heterocycles. The number of hydrogen-bond acceptors (Lipinski definition) is 5. The molecule has 1 heterocycles. The van der Waals surface area contributed by atoms with Crippen molar-refractivity contribution in [3.05, 3.63) is 72.0 Å². The fourth-order valence-corrected chi connectivity index (χ4v) is 2.30. The molecule has 0 atom stereocenters. The molecular formula is C20H16F3N3O3. The minimum absolute atomic E-state index is 0.126. The maximum absolute atomic E-state index is 13.4. The van der Waals surface area contributed by atoms with Crippen molar-refractivity contribution < 1.29 is 27.4 Å². The van der Waals surface area contributed by atoms with Gasteiger partial charge in [-0.15, -0.1) is 10.2 Å². The largest absolute Gasteiger partial charge is 0.481 e. The first kappa shape index (κ1) is 20.1. The summed E-state index contributed by atoms with van der Waals surface area (Å²) in [5.74, 6) is -2.40. The Bertz CT molecular complexity index is 967. The van der Waals surface area contributed by atoms with E-state index >= 15 is 0 Å². The average molecular weight is 403 g/mol. The van der Waals surface area contributed by atoms with Gasteiger partial charge in [0.25, 0.3) is 5.91 Å². The lowest BCUT2D eigenvalue weighted by molar-refractivity contribution is -0.123. The molecule has 2 aromatic carbocycles. The number of carbonyl (C=O) groups excluding carboxylic acids is 1. The molecule has 3 aromatic rings. The van der Waals surface area contributed by atoms with Gasteiger partial charge in [-0.05, 0) is 42.5 Å². The van der Waals surface area contributed by atoms with Gasteiger partial charge in [-0.2, -0.15) is 0 Å². The Labute approximate surface area is 164 Å². The van der Waals surface area contributed by atoms with Crippen LogP contribution in [0.15, 0.2) is 54.6 Å². The normalized spacial score (nSPS) is 10.4. The Morgan fingerprint density at radius 1 is 0.897 bits per heavy atom. The van der Waals surface area contributed by atoms with E-state index in [1.165, 1.54) is 12.1 Å². The van der Waals surface area contributed by atoms with Gasteiger partial charge in [-0.1, -0.05) is 0 Å². The van der Waals surface area contributed by atoms with Crippen LogP contribution in [0.5, 0.6) is 11.6 Å². The molecule has 0 fully saturated rings. The molecular weight excluding hydrogens is 387 g/mol. The molecule has 1 N–H and O–H groups in total. The van der Waals surface area contributed by atoms with Crippen LogP contribution in [0.3, 0.4) is 0 Å². The molecule has 9 heteroatoms. The fourth-order valence-electron chi connectivity index (χ4n) is 2.30. The molecule has 1 amide bonds. The van der Waals surface area contributed by atoms with E-state index in [1.54, 1.807) is 24.3 Å². The Morgan fingerprint density at radius 3 is 2.34 bits per heavy atom. The number of hydrogen-bond donors (Lipinski definition) is 1. The van der Waals surface area contributed by atoms with Crippen LogP contribution >= 0.6 is 0 Å². The van der Waals surface area contributed by atoms with E-state index in [-0.39, 0.29) is 30.6 Å². The molecule has 0 aliphatic rings. The van der Waals surface area contributed by atoms with E-state index in [9.17, 15) is 18.0 Å². The number of aromatic nitrogens is 2. The Kier molecular flexibility index (Phi) is 6.62. The van der Waals surface area contributed by atoms with Crippen LogP contribution in [0, 0.1) is 17.5 Å². The van der Waals surface area contributed by atoms with Crippen molar-refractivity contribution in [3.8, 4) is 22.9 Å². The van der Waals surface area contributed by atoms with E-state index < -0.39 is 24.1 Å². The van der Waals surface area contributed by atoms with Gasteiger partial charge >= 0.3 is 0 Å². The van der Waals surface area contributed by atoms with Crippen LogP contribution in [-0.4, -0.2) is 35.9 Å². The fraction of sp³-hybridized carbons (Fsp3) is 0.150. The van der Waals surface area contributed by atoms with Crippen LogP contribution in [0.1, 0.15) is 0 Å². The maximum Gasteiger partial charge on any atom is 0.258 e. The highest BCUT2D eigenvalue weighted by atomic mass is 19.1. The number of rotatable bonds is 8. The third kappa shape index (κ3) is 5.93. The van der Waals surface area contributed by atoms with E-state index in [1.807, 2.05) is 0 Å². The number of nitrogens with one attached hydrogen (secondary N) is 1. The smallest absolute Gasteiger partial charge is 0.258 e. The number of ether oxygens (including phenoxy) is 2. The molecule has 150 valence electrons. The summed E-state index contributed by atoms with van der Waals surface area (Å²) in [6.45, 7) is -0.133. The molecule has 29 heavy (non-hydrogen) atoms. The van der Waals surface area contributed by atoms with Gasteiger partial charge in [0.1, 0.15) is 18.2 Å². The SMILES string of the molecule is O=C(COc1ccc(F)cc1F)NCCOc1ccc(-c2ccc(F)cc2)nn1. The lowest BCUT2D eigenvalue weighted by Crippen LogP contribution is -2.32. The number of nitrogens with zero attached hydrogens (tertiary/aromatic N) is 2. The highest BCUT2D eigenvalue weighted by molar-refractivity contribution is 5.77. The van der Waals surface area contributed by atoms with Crippen LogP contribution in [0.4, 0.5) is 13.2 Å². The van der Waals surface area contributed by atoms with Crippen molar-refractivity contribution in [3.63, 3.8) is 0 Å². The summed E-state index contributed by atoms with van der Waals surface area (Å²) in [6.07, 6.45) is 0. The molecule has 0 radical (unpaired) electrons. The minimum Gasteiger partial charge on any atom is -0.481 e. The number of benzene rings is 2. The molecule has 3 rings (SSSR count). The summed E-state index contributed by atoms with van der Waals surface area (Å²) in [7, 11) is 0. The van der Waals surface area contributed by atoms with Crippen molar-refractivity contribution in [2.45, 2.75) is 0 Å². The summed E-state index contributed by atoms with van der Waals surface area (Å²) < 4.78 is 49.5. The third-order valence-corrected chi connectivity index (χ3v) is 3.71. The van der Waals surface area contributed by atoms with Crippen molar-refractivity contribution in [1.82, 2.24) is 15.5 Å². The predicted molar refractivity (Wildman–Crippen MR) is 97.8 cm³/mol. The van der Waals surface area contributed by atoms with E-state index in [2.05, 4.69) is 15.5 Å². The molecule has 0 saturated carbocycles. The number of carbonyl (C=O) groups is 1. The van der Waals surface area contributed by atoms with Crippen LogP contribution in [-0.2, 0) is 4.79 Å². The summed E-state index contributed by atoms with van der Waals surface area (Å²) in [4.78, 5) is 11.7. The molecule has 6 nitrogen and oxygen atoms in total. The lowest BCUT2D eigenvalue weighted by atomic mass is 10.1. The Morgan fingerprint density at radius 2 is 1.66 bits per heavy atom. The quantitative estimate of drug-likeness (QED) is 0.585. The van der Waals surface area contributed by atoms with E-state index in [0.29, 0.717) is 11.8 Å². The van der Waals surface area contributed by atoms with Crippen molar-refractivity contribution >= 4 is 5.91 Å². The second-order valence-corrected chi connectivity index (χ2v) is 5.83. The number of amides is 1. The first-order valence-corrected chi connectivity index (χ1v) is 8.58. The van der Waals surface area contributed by atoms with Gasteiger partial charge < -0.3 is 14.8 Å². The summed E-state index contributed by atoms with van der Waals surface area (Å²) in [6, 6.07) is 11.9. The van der Waals surface area contributed by atoms with Crippen molar-refractivity contribution in [2.75, 3.05) is 19.8 Å².